The number of amides is 2. The molecule has 0 fully saturated rings. The molecule has 0 saturated carbocycles. The molecule has 1 aromatic carbocycles. The fourth-order valence-corrected chi connectivity index (χ4v) is 1.94. The lowest BCUT2D eigenvalue weighted by atomic mass is 10.2. The van der Waals surface area contributed by atoms with Crippen LogP contribution in [0.5, 0.6) is 0 Å². The van der Waals surface area contributed by atoms with Crippen LogP contribution in [0.2, 0.25) is 0 Å². The minimum Gasteiger partial charge on any atom is -0.319 e. The lowest BCUT2D eigenvalue weighted by Gasteiger charge is -2.07. The van der Waals surface area contributed by atoms with Gasteiger partial charge in [0.15, 0.2) is 0 Å². The molecular formula is C17H12FN5O2. The molecule has 25 heavy (non-hydrogen) atoms. The van der Waals surface area contributed by atoms with Crippen LogP contribution in [-0.2, 0) is 0 Å². The highest BCUT2D eigenvalue weighted by Gasteiger charge is 2.09. The largest absolute Gasteiger partial charge is 0.319 e. The summed E-state index contributed by atoms with van der Waals surface area (Å²) in [6.07, 6.45) is 5.63. The van der Waals surface area contributed by atoms with Gasteiger partial charge in [-0.15, -0.1) is 0 Å². The number of carbonyl (C=O) groups is 2. The number of halogens is 1. The van der Waals surface area contributed by atoms with Crippen molar-refractivity contribution in [1.29, 1.82) is 0 Å². The molecule has 7 nitrogen and oxygen atoms in total. The Labute approximate surface area is 142 Å². The number of hydrogen-bond acceptors (Lipinski definition) is 5. The standard InChI is InChI=1S/C17H12FN5O2/c18-12-3-1-11(2-4-12)16(24)23-15-6-5-13(9-21-15)22-17(25)14-10-19-7-8-20-14/h1-10H,(H,22,25)(H,21,23,24). The molecule has 0 atom stereocenters. The molecule has 8 heteroatoms. The van der Waals surface area contributed by atoms with Crippen LogP contribution in [0, 0.1) is 5.82 Å². The van der Waals surface area contributed by atoms with Gasteiger partial charge in [0.05, 0.1) is 18.1 Å². The first kappa shape index (κ1) is 16.2. The van der Waals surface area contributed by atoms with E-state index in [1.54, 1.807) is 6.07 Å². The quantitative estimate of drug-likeness (QED) is 0.762. The van der Waals surface area contributed by atoms with Crippen LogP contribution in [0.4, 0.5) is 15.9 Å². The van der Waals surface area contributed by atoms with Crippen LogP contribution in [0.15, 0.2) is 61.2 Å². The number of nitrogens with zero attached hydrogens (tertiary/aromatic N) is 3. The SMILES string of the molecule is O=C(Nc1ccc(NC(=O)c2cnccn2)cn1)c1ccc(F)cc1. The molecule has 124 valence electrons. The van der Waals surface area contributed by atoms with Gasteiger partial charge in [-0.2, -0.15) is 0 Å². The number of aromatic nitrogens is 3. The van der Waals surface area contributed by atoms with Gasteiger partial charge in [-0.25, -0.2) is 14.4 Å². The van der Waals surface area contributed by atoms with Gasteiger partial charge < -0.3 is 10.6 Å². The van der Waals surface area contributed by atoms with Crippen molar-refractivity contribution in [2.45, 2.75) is 0 Å². The summed E-state index contributed by atoms with van der Waals surface area (Å²) in [5.74, 6) is -0.952. The van der Waals surface area contributed by atoms with E-state index in [2.05, 4.69) is 25.6 Å². The van der Waals surface area contributed by atoms with Crippen LogP contribution in [0.1, 0.15) is 20.8 Å². The van der Waals surface area contributed by atoms with E-state index < -0.39 is 17.6 Å². The Balaban J connectivity index is 1.63. The molecule has 2 amide bonds. The summed E-state index contributed by atoms with van der Waals surface area (Å²) in [5.41, 5.74) is 0.926. The number of benzene rings is 1. The molecule has 2 aromatic heterocycles. The summed E-state index contributed by atoms with van der Waals surface area (Å²) < 4.78 is 12.9. The number of carbonyl (C=O) groups excluding carboxylic acids is 2. The monoisotopic (exact) mass is 337 g/mol. The predicted octanol–water partition coefficient (Wildman–Crippen LogP) is 2.52. The van der Waals surface area contributed by atoms with Crippen molar-refractivity contribution < 1.29 is 14.0 Å². The van der Waals surface area contributed by atoms with E-state index in [0.29, 0.717) is 17.1 Å². The van der Waals surface area contributed by atoms with Gasteiger partial charge in [0.25, 0.3) is 11.8 Å². The smallest absolute Gasteiger partial charge is 0.275 e. The molecule has 2 N–H and O–H groups in total. The molecule has 0 bridgehead atoms. The zero-order valence-corrected chi connectivity index (χ0v) is 12.8. The average Bonchev–Trinajstić information content (AvgIpc) is 2.64. The number of hydrogen-bond donors (Lipinski definition) is 2. The first-order valence-corrected chi connectivity index (χ1v) is 7.22. The van der Waals surface area contributed by atoms with Gasteiger partial charge in [0.2, 0.25) is 0 Å². The zero-order valence-electron chi connectivity index (χ0n) is 12.8. The van der Waals surface area contributed by atoms with Crippen LogP contribution in [0.3, 0.4) is 0 Å². The van der Waals surface area contributed by atoms with Crippen molar-refractivity contribution in [2.75, 3.05) is 10.6 Å². The summed E-state index contributed by atoms with van der Waals surface area (Å²) in [7, 11) is 0. The Bertz CT molecular complexity index is 883. The van der Waals surface area contributed by atoms with E-state index in [0.717, 1.165) is 0 Å². The fourth-order valence-electron chi connectivity index (χ4n) is 1.94. The Morgan fingerprint density at radius 1 is 0.840 bits per heavy atom. The Morgan fingerprint density at radius 2 is 1.64 bits per heavy atom. The maximum absolute atomic E-state index is 12.9. The topological polar surface area (TPSA) is 96.9 Å². The normalized spacial score (nSPS) is 10.1. The molecule has 0 aliphatic carbocycles. The van der Waals surface area contributed by atoms with Gasteiger partial charge in [-0.05, 0) is 36.4 Å². The van der Waals surface area contributed by atoms with E-state index in [1.807, 2.05) is 0 Å². The van der Waals surface area contributed by atoms with E-state index >= 15 is 0 Å². The van der Waals surface area contributed by atoms with Crippen molar-refractivity contribution in [3.05, 3.63) is 78.3 Å². The second-order valence-corrected chi connectivity index (χ2v) is 4.94. The van der Waals surface area contributed by atoms with E-state index in [4.69, 9.17) is 0 Å². The molecule has 0 aliphatic rings. The third-order valence-corrected chi connectivity index (χ3v) is 3.17. The first-order chi connectivity index (χ1) is 12.1. The molecule has 0 aliphatic heterocycles. The van der Waals surface area contributed by atoms with Crippen molar-refractivity contribution in [1.82, 2.24) is 15.0 Å². The highest BCUT2D eigenvalue weighted by atomic mass is 19.1. The van der Waals surface area contributed by atoms with E-state index in [-0.39, 0.29) is 5.69 Å². The number of anilines is 2. The maximum Gasteiger partial charge on any atom is 0.275 e. The molecule has 0 spiro atoms. The third kappa shape index (κ3) is 4.20. The minimum atomic E-state index is -0.419. The predicted molar refractivity (Wildman–Crippen MR) is 88.6 cm³/mol. The lowest BCUT2D eigenvalue weighted by Crippen LogP contribution is -2.15. The van der Waals surface area contributed by atoms with Crippen molar-refractivity contribution in [2.24, 2.45) is 0 Å². The van der Waals surface area contributed by atoms with E-state index in [9.17, 15) is 14.0 Å². The zero-order chi connectivity index (χ0) is 17.6. The van der Waals surface area contributed by atoms with Crippen LogP contribution >= 0.6 is 0 Å². The van der Waals surface area contributed by atoms with Crippen molar-refractivity contribution in [3.63, 3.8) is 0 Å². The Hall–Kier alpha value is -3.68. The highest BCUT2D eigenvalue weighted by molar-refractivity contribution is 6.04. The van der Waals surface area contributed by atoms with Gasteiger partial charge in [0, 0.05) is 18.0 Å². The van der Waals surface area contributed by atoms with Gasteiger partial charge in [-0.3, -0.25) is 14.6 Å². The van der Waals surface area contributed by atoms with Gasteiger partial charge in [0.1, 0.15) is 17.3 Å². The van der Waals surface area contributed by atoms with Crippen molar-refractivity contribution in [3.8, 4) is 0 Å². The second kappa shape index (κ2) is 7.26. The number of rotatable bonds is 4. The summed E-state index contributed by atoms with van der Waals surface area (Å²) in [6.45, 7) is 0. The fraction of sp³-hybridized carbons (Fsp3) is 0. The summed E-state index contributed by atoms with van der Waals surface area (Å²) in [4.78, 5) is 35.7. The Kier molecular flexibility index (Phi) is 4.70. The number of pyridine rings is 1. The van der Waals surface area contributed by atoms with Crippen LogP contribution in [0.25, 0.3) is 0 Å². The summed E-state index contributed by atoms with van der Waals surface area (Å²) in [6, 6.07) is 8.27. The molecule has 0 radical (unpaired) electrons. The molecule has 0 saturated heterocycles. The van der Waals surface area contributed by atoms with Crippen LogP contribution < -0.4 is 10.6 Å². The highest BCUT2D eigenvalue weighted by Crippen LogP contribution is 2.12. The summed E-state index contributed by atoms with van der Waals surface area (Å²) in [5, 5.41) is 5.20. The maximum atomic E-state index is 12.9. The summed E-state index contributed by atoms with van der Waals surface area (Å²) >= 11 is 0. The Morgan fingerprint density at radius 3 is 2.28 bits per heavy atom. The minimum absolute atomic E-state index is 0.177. The molecule has 0 unspecified atom stereocenters. The molecule has 2 heterocycles. The molecular weight excluding hydrogens is 325 g/mol. The number of nitrogens with one attached hydrogen (secondary N) is 2. The second-order valence-electron chi connectivity index (χ2n) is 4.94. The average molecular weight is 337 g/mol. The van der Waals surface area contributed by atoms with E-state index in [1.165, 1.54) is 55.1 Å². The van der Waals surface area contributed by atoms with Gasteiger partial charge >= 0.3 is 0 Å². The van der Waals surface area contributed by atoms with Gasteiger partial charge in [-0.1, -0.05) is 0 Å². The van der Waals surface area contributed by atoms with Crippen molar-refractivity contribution >= 4 is 23.3 Å². The third-order valence-electron chi connectivity index (χ3n) is 3.17. The molecule has 3 rings (SSSR count). The van der Waals surface area contributed by atoms with Crippen LogP contribution in [-0.4, -0.2) is 26.8 Å². The lowest BCUT2D eigenvalue weighted by molar-refractivity contribution is 0.101. The molecule has 3 aromatic rings. The first-order valence-electron chi connectivity index (χ1n) is 7.22.